The number of imide groups is 2. The van der Waals surface area contributed by atoms with E-state index in [1.54, 1.807) is 13.2 Å². The number of amides is 4. The molecule has 10 atom stereocenters. The average molecular weight is 894 g/mol. The maximum Gasteiger partial charge on any atom is 0.244 e. The molecule has 0 bridgehead atoms. The first-order chi connectivity index (χ1) is 30.1. The van der Waals surface area contributed by atoms with E-state index in [1.165, 1.54) is 44.2 Å². The molecule has 3 N–H and O–H groups in total. The second-order valence-electron chi connectivity index (χ2n) is 16.9. The largest absolute Gasteiger partial charge is 0.507 e. The Hall–Kier alpha value is -4.80. The molecule has 2 aliphatic carbocycles. The quantitative estimate of drug-likeness (QED) is 0.182. The zero-order valence-electron chi connectivity index (χ0n) is 34.9. The molecule has 63 heavy (non-hydrogen) atoms. The molecule has 0 saturated carbocycles. The molecule has 20 heteroatoms. The number of aromatic hydroxyl groups is 2. The van der Waals surface area contributed by atoms with Gasteiger partial charge in [0.2, 0.25) is 29.4 Å². The molecule has 0 aromatic heterocycles. The number of morpholine rings is 1. The third-order valence-corrected chi connectivity index (χ3v) is 14.5. The third-order valence-electron chi connectivity index (χ3n) is 13.5. The number of benzene rings is 2. The lowest BCUT2D eigenvalue weighted by atomic mass is 9.71. The molecule has 9 rings (SSSR count). The van der Waals surface area contributed by atoms with Gasteiger partial charge in [0.25, 0.3) is 0 Å². The number of hydrogen-bond acceptors (Lipinski definition) is 18. The van der Waals surface area contributed by atoms with Crippen LogP contribution in [0.3, 0.4) is 0 Å². The van der Waals surface area contributed by atoms with Crippen LogP contribution < -0.4 is 4.74 Å². The van der Waals surface area contributed by atoms with Crippen LogP contribution in [0.25, 0.3) is 0 Å². The van der Waals surface area contributed by atoms with Gasteiger partial charge in [0.05, 0.1) is 47.9 Å². The fraction of sp³-hybridized carbons (Fsp3) is 0.558. The summed E-state index contributed by atoms with van der Waals surface area (Å²) in [6.07, 6.45) is -4.72. The standard InChI is InChI=1S/C43H47N3O16S/c1-18-38-22(44-10-11-59-42(58-3)41(44)62-38)13-29(60-18)61-24-16-43(56,26(47)9-8-19-12-27(48)45(39(19)54)17-46-28(49)14-25(63-4)40(46)55)15-21-31(24)37(53)33-32(35(21)51)34(50)20-6-5-7-23(57-2)30(20)36(33)52/h5-7,18-19,22,24-25,29,38,41-42,51,53,56H,8-17H2,1-4H3/t18-,19?,22-,24-,25?,29-,38+,41+,42-,43-/m0/s1. The van der Waals surface area contributed by atoms with Gasteiger partial charge in [-0.1, -0.05) is 12.1 Å². The van der Waals surface area contributed by atoms with Gasteiger partial charge in [-0.25, -0.2) is 0 Å². The molecular weight excluding hydrogens is 847 g/mol. The number of rotatable bonds is 11. The Kier molecular flexibility index (Phi) is 11.3. The minimum Gasteiger partial charge on any atom is -0.507 e. The van der Waals surface area contributed by atoms with Gasteiger partial charge >= 0.3 is 0 Å². The minimum absolute atomic E-state index is 0.0478. The van der Waals surface area contributed by atoms with Gasteiger partial charge in [-0.2, -0.15) is 11.8 Å². The van der Waals surface area contributed by atoms with Crippen LogP contribution in [-0.2, 0) is 54.1 Å². The van der Waals surface area contributed by atoms with Crippen molar-refractivity contribution in [1.82, 2.24) is 14.7 Å². The summed E-state index contributed by atoms with van der Waals surface area (Å²) in [7, 11) is 2.84. The molecular formula is C43H47N3O16S. The van der Waals surface area contributed by atoms with E-state index in [4.69, 9.17) is 28.4 Å². The van der Waals surface area contributed by atoms with Gasteiger partial charge in [0.15, 0.2) is 30.4 Å². The van der Waals surface area contributed by atoms with Gasteiger partial charge in [-0.3, -0.25) is 48.3 Å². The van der Waals surface area contributed by atoms with Gasteiger partial charge in [-0.05, 0) is 25.7 Å². The second kappa shape index (κ2) is 16.3. The fourth-order valence-corrected chi connectivity index (χ4v) is 11.0. The van der Waals surface area contributed by atoms with E-state index in [0.717, 1.165) is 9.80 Å². The summed E-state index contributed by atoms with van der Waals surface area (Å²) in [5, 5.41) is 35.9. The number of carbonyl (C=O) groups excluding carboxylic acids is 7. The van der Waals surface area contributed by atoms with Gasteiger partial charge in [-0.15, -0.1) is 0 Å². The number of likely N-dealkylation sites (tertiary alicyclic amines) is 2. The van der Waals surface area contributed by atoms with Crippen LogP contribution in [0, 0.1) is 5.92 Å². The molecule has 7 aliphatic rings. The average Bonchev–Trinajstić information content (AvgIpc) is 3.88. The van der Waals surface area contributed by atoms with E-state index in [1.807, 2.05) is 0 Å². The number of hydrogen-bond donors (Lipinski definition) is 3. The molecule has 4 amide bonds. The van der Waals surface area contributed by atoms with Crippen LogP contribution in [-0.4, -0.2) is 159 Å². The lowest BCUT2D eigenvalue weighted by molar-refractivity contribution is -0.256. The number of phenols is 2. The van der Waals surface area contributed by atoms with E-state index in [9.17, 15) is 48.9 Å². The second-order valence-corrected chi connectivity index (χ2v) is 18.0. The highest BCUT2D eigenvalue weighted by Gasteiger charge is 2.56. The predicted octanol–water partition coefficient (Wildman–Crippen LogP) is 1.32. The summed E-state index contributed by atoms with van der Waals surface area (Å²) in [4.78, 5) is 98.2. The lowest BCUT2D eigenvalue weighted by Crippen LogP contribution is -2.55. The molecule has 2 aromatic rings. The Labute approximate surface area is 364 Å². The maximum atomic E-state index is 14.3. The number of ketones is 3. The number of carbonyl (C=O) groups is 7. The smallest absolute Gasteiger partial charge is 0.244 e. The van der Waals surface area contributed by atoms with Crippen molar-refractivity contribution < 1.29 is 77.3 Å². The van der Waals surface area contributed by atoms with E-state index < -0.39 is 143 Å². The predicted molar refractivity (Wildman–Crippen MR) is 214 cm³/mol. The van der Waals surface area contributed by atoms with Crippen molar-refractivity contribution in [2.75, 3.05) is 40.3 Å². The number of aliphatic hydroxyl groups is 1. The third kappa shape index (κ3) is 6.96. The molecule has 19 nitrogen and oxygen atoms in total. The first-order valence-electron chi connectivity index (χ1n) is 20.8. The van der Waals surface area contributed by atoms with E-state index >= 15 is 0 Å². The minimum atomic E-state index is -2.33. The number of fused-ring (bicyclic) bond motifs is 6. The van der Waals surface area contributed by atoms with Crippen LogP contribution in [0.5, 0.6) is 17.2 Å². The van der Waals surface area contributed by atoms with Gasteiger partial charge < -0.3 is 43.7 Å². The fourth-order valence-electron chi connectivity index (χ4n) is 10.3. The van der Waals surface area contributed by atoms with Crippen LogP contribution in [0.1, 0.15) is 94.5 Å². The van der Waals surface area contributed by atoms with E-state index in [2.05, 4.69) is 4.90 Å². The van der Waals surface area contributed by atoms with Crippen LogP contribution in [0.2, 0.25) is 0 Å². The Balaban J connectivity index is 1.01. The topological polar surface area (TPSA) is 245 Å². The summed E-state index contributed by atoms with van der Waals surface area (Å²) in [6.45, 7) is 2.17. The number of nitrogens with zero attached hydrogens (tertiary/aromatic N) is 3. The maximum absolute atomic E-state index is 14.3. The summed E-state index contributed by atoms with van der Waals surface area (Å²) in [6, 6.07) is 4.12. The van der Waals surface area contributed by atoms with Crippen molar-refractivity contribution in [3.8, 4) is 17.2 Å². The molecule has 2 aromatic carbocycles. The molecule has 336 valence electrons. The number of Topliss-reactive ketones (excluding diaryl/α,β-unsaturated/α-hetero) is 1. The molecule has 0 spiro atoms. The van der Waals surface area contributed by atoms with Crippen molar-refractivity contribution in [2.24, 2.45) is 5.92 Å². The molecule has 5 saturated heterocycles. The zero-order valence-corrected chi connectivity index (χ0v) is 35.7. The molecule has 5 aliphatic heterocycles. The highest BCUT2D eigenvalue weighted by atomic mass is 32.2. The van der Waals surface area contributed by atoms with E-state index in [-0.39, 0.29) is 59.7 Å². The Bertz CT molecular complexity index is 2340. The number of phenolic OH excluding ortho intramolecular Hbond substituents is 2. The van der Waals surface area contributed by atoms with Crippen molar-refractivity contribution in [3.05, 3.63) is 51.6 Å². The number of methoxy groups -OCH3 is 2. The number of ether oxygens (including phenoxy) is 6. The molecule has 0 radical (unpaired) electrons. The normalized spacial score (nSPS) is 32.7. The SMILES string of the molecule is COc1cccc2c1C(=O)c1c(O)c3c(c(O)c1C2=O)C[C@@](O)(C(=O)CCC1CC(=O)N(CN2C(=O)CC(SC)C2=O)C1=O)C[C@@H]3O[C@H]1C[C@H]2[C@H](O[C@@H]3[C@@H](OC)OCCN32)[C@H](C)O1. The summed E-state index contributed by atoms with van der Waals surface area (Å²) >= 11 is 1.19. The summed E-state index contributed by atoms with van der Waals surface area (Å²) in [5.74, 6) is -7.00. The van der Waals surface area contributed by atoms with Crippen LogP contribution >= 0.6 is 11.8 Å². The molecule has 5 fully saturated rings. The van der Waals surface area contributed by atoms with Crippen LogP contribution in [0.15, 0.2) is 18.2 Å². The highest BCUT2D eigenvalue weighted by molar-refractivity contribution is 8.00. The van der Waals surface area contributed by atoms with Crippen molar-refractivity contribution in [3.63, 3.8) is 0 Å². The van der Waals surface area contributed by atoms with Crippen LogP contribution in [0.4, 0.5) is 0 Å². The first kappa shape index (κ1) is 43.5. The van der Waals surface area contributed by atoms with E-state index in [0.29, 0.717) is 13.2 Å². The monoisotopic (exact) mass is 893 g/mol. The number of thioether (sulfide) groups is 1. The highest BCUT2D eigenvalue weighted by Crippen LogP contribution is 2.53. The van der Waals surface area contributed by atoms with Gasteiger partial charge in [0, 0.05) is 80.8 Å². The summed E-state index contributed by atoms with van der Waals surface area (Å²) in [5.41, 5.74) is -3.84. The van der Waals surface area contributed by atoms with Gasteiger partial charge in [0.1, 0.15) is 35.6 Å². The Morgan fingerprint density at radius 3 is 2.40 bits per heavy atom. The molecule has 2 unspecified atom stereocenters. The van der Waals surface area contributed by atoms with Crippen molar-refractivity contribution in [1.29, 1.82) is 0 Å². The first-order valence-corrected chi connectivity index (χ1v) is 22.1. The van der Waals surface area contributed by atoms with Crippen molar-refractivity contribution in [2.45, 2.75) is 106 Å². The summed E-state index contributed by atoms with van der Waals surface area (Å²) < 4.78 is 35.9. The molecule has 5 heterocycles. The Morgan fingerprint density at radius 2 is 1.68 bits per heavy atom. The Morgan fingerprint density at radius 1 is 0.952 bits per heavy atom. The van der Waals surface area contributed by atoms with Crippen molar-refractivity contribution >= 4 is 52.7 Å². The lowest BCUT2D eigenvalue weighted by Gasteiger charge is -2.43. The zero-order chi connectivity index (χ0) is 44.8.